The largest absolute Gasteiger partial charge is 0.485 e. The van der Waals surface area contributed by atoms with E-state index in [2.05, 4.69) is 4.98 Å². The molecule has 0 saturated carbocycles. The highest BCUT2D eigenvalue weighted by Crippen LogP contribution is 2.31. The second-order valence-corrected chi connectivity index (χ2v) is 3.97. The second kappa shape index (κ2) is 4.97. The third-order valence-corrected chi connectivity index (χ3v) is 2.62. The number of esters is 1. The standard InChI is InChI=1S/C14H11NO4/c16-14(18-10-4-3-7-15-8-10)13-9-17-11-5-1-2-6-12(11)19-13/h1-8,13H,9H2/t13-/m1/s1. The van der Waals surface area contributed by atoms with E-state index in [1.165, 1.54) is 6.20 Å². The van der Waals surface area contributed by atoms with Crippen molar-refractivity contribution in [1.82, 2.24) is 4.98 Å². The Labute approximate surface area is 109 Å². The lowest BCUT2D eigenvalue weighted by Gasteiger charge is -2.24. The predicted octanol–water partition coefficient (Wildman–Crippen LogP) is 1.83. The highest BCUT2D eigenvalue weighted by molar-refractivity contribution is 5.78. The quantitative estimate of drug-likeness (QED) is 0.768. The van der Waals surface area contributed by atoms with Crippen LogP contribution in [-0.2, 0) is 4.79 Å². The van der Waals surface area contributed by atoms with Gasteiger partial charge in [0.25, 0.3) is 0 Å². The normalized spacial score (nSPS) is 16.7. The average molecular weight is 257 g/mol. The summed E-state index contributed by atoms with van der Waals surface area (Å²) in [5, 5.41) is 0. The van der Waals surface area contributed by atoms with Crippen LogP contribution in [0.4, 0.5) is 0 Å². The fourth-order valence-electron chi connectivity index (χ4n) is 1.73. The molecule has 0 fully saturated rings. The SMILES string of the molecule is O=C(Oc1cccnc1)[C@H]1COc2ccccc2O1. The highest BCUT2D eigenvalue weighted by atomic mass is 16.6. The fourth-order valence-corrected chi connectivity index (χ4v) is 1.73. The molecule has 5 nitrogen and oxygen atoms in total. The van der Waals surface area contributed by atoms with Crippen LogP contribution < -0.4 is 14.2 Å². The first-order valence-electron chi connectivity index (χ1n) is 5.83. The van der Waals surface area contributed by atoms with Crippen molar-refractivity contribution in [2.75, 3.05) is 6.61 Å². The van der Waals surface area contributed by atoms with Gasteiger partial charge in [0.2, 0.25) is 6.10 Å². The maximum absolute atomic E-state index is 11.9. The third-order valence-electron chi connectivity index (χ3n) is 2.62. The van der Waals surface area contributed by atoms with Crippen molar-refractivity contribution in [3.63, 3.8) is 0 Å². The van der Waals surface area contributed by atoms with Crippen molar-refractivity contribution >= 4 is 5.97 Å². The van der Waals surface area contributed by atoms with Crippen molar-refractivity contribution in [3.05, 3.63) is 48.8 Å². The van der Waals surface area contributed by atoms with Crippen molar-refractivity contribution in [3.8, 4) is 17.2 Å². The molecule has 1 aliphatic rings. The lowest BCUT2D eigenvalue weighted by atomic mass is 10.2. The van der Waals surface area contributed by atoms with Crippen LogP contribution in [0.1, 0.15) is 0 Å². The van der Waals surface area contributed by atoms with Crippen molar-refractivity contribution < 1.29 is 19.0 Å². The Morgan fingerprint density at radius 3 is 2.84 bits per heavy atom. The molecule has 3 rings (SSSR count). The summed E-state index contributed by atoms with van der Waals surface area (Å²) in [6.07, 6.45) is 2.30. The number of para-hydroxylation sites is 2. The molecule has 2 heterocycles. The number of ether oxygens (including phenoxy) is 3. The molecule has 0 aliphatic carbocycles. The van der Waals surface area contributed by atoms with E-state index in [9.17, 15) is 4.79 Å². The summed E-state index contributed by atoms with van der Waals surface area (Å²) in [4.78, 5) is 15.8. The molecule has 0 spiro atoms. The van der Waals surface area contributed by atoms with E-state index in [0.717, 1.165) is 0 Å². The van der Waals surface area contributed by atoms with Gasteiger partial charge in [-0.05, 0) is 24.3 Å². The molecule has 0 saturated heterocycles. The van der Waals surface area contributed by atoms with Crippen LogP contribution in [0, 0.1) is 0 Å². The predicted molar refractivity (Wildman–Crippen MR) is 66.2 cm³/mol. The minimum atomic E-state index is -0.768. The molecular formula is C14H11NO4. The Morgan fingerprint density at radius 2 is 2.05 bits per heavy atom. The number of carbonyl (C=O) groups is 1. The molecular weight excluding hydrogens is 246 g/mol. The van der Waals surface area contributed by atoms with Crippen LogP contribution in [0.2, 0.25) is 0 Å². The summed E-state index contributed by atoms with van der Waals surface area (Å²) in [6.45, 7) is 0.135. The molecule has 19 heavy (non-hydrogen) atoms. The van der Waals surface area contributed by atoms with Crippen LogP contribution in [0.25, 0.3) is 0 Å². The van der Waals surface area contributed by atoms with Crippen LogP contribution >= 0.6 is 0 Å². The Balaban J connectivity index is 1.70. The molecule has 96 valence electrons. The monoisotopic (exact) mass is 257 g/mol. The Kier molecular flexibility index (Phi) is 3.02. The molecule has 0 amide bonds. The molecule has 1 aromatic carbocycles. The van der Waals surface area contributed by atoms with Gasteiger partial charge >= 0.3 is 5.97 Å². The van der Waals surface area contributed by atoms with Gasteiger partial charge in [-0.1, -0.05) is 12.1 Å². The van der Waals surface area contributed by atoms with Gasteiger partial charge in [-0.25, -0.2) is 4.79 Å². The van der Waals surface area contributed by atoms with E-state index in [1.807, 2.05) is 12.1 Å². The van der Waals surface area contributed by atoms with E-state index in [1.54, 1.807) is 30.5 Å². The third kappa shape index (κ3) is 2.49. The van der Waals surface area contributed by atoms with E-state index in [4.69, 9.17) is 14.2 Å². The molecule has 0 unspecified atom stereocenters. The maximum Gasteiger partial charge on any atom is 0.356 e. The number of pyridine rings is 1. The summed E-state index contributed by atoms with van der Waals surface area (Å²) in [5.41, 5.74) is 0. The van der Waals surface area contributed by atoms with Gasteiger partial charge in [0.15, 0.2) is 11.5 Å². The molecule has 1 atom stereocenters. The average Bonchev–Trinajstić information content (AvgIpc) is 2.48. The van der Waals surface area contributed by atoms with Gasteiger partial charge in [0.05, 0.1) is 6.20 Å². The Morgan fingerprint density at radius 1 is 1.21 bits per heavy atom. The van der Waals surface area contributed by atoms with Crippen LogP contribution in [0.15, 0.2) is 48.8 Å². The zero-order valence-electron chi connectivity index (χ0n) is 9.98. The van der Waals surface area contributed by atoms with Gasteiger partial charge in [0, 0.05) is 6.20 Å². The van der Waals surface area contributed by atoms with Gasteiger partial charge in [-0.3, -0.25) is 4.98 Å². The lowest BCUT2D eigenvalue weighted by molar-refractivity contribution is -0.144. The van der Waals surface area contributed by atoms with E-state index < -0.39 is 12.1 Å². The molecule has 0 radical (unpaired) electrons. The van der Waals surface area contributed by atoms with Crippen molar-refractivity contribution in [2.24, 2.45) is 0 Å². The number of rotatable bonds is 2. The van der Waals surface area contributed by atoms with Crippen LogP contribution in [0.5, 0.6) is 17.2 Å². The summed E-state index contributed by atoms with van der Waals surface area (Å²) in [6, 6.07) is 10.5. The maximum atomic E-state index is 11.9. The Hall–Kier alpha value is -2.56. The first-order chi connectivity index (χ1) is 9.33. The van der Waals surface area contributed by atoms with Gasteiger partial charge in [0.1, 0.15) is 12.4 Å². The van der Waals surface area contributed by atoms with Gasteiger partial charge in [-0.15, -0.1) is 0 Å². The first-order valence-corrected chi connectivity index (χ1v) is 5.83. The minimum absolute atomic E-state index is 0.135. The van der Waals surface area contributed by atoms with Gasteiger partial charge in [-0.2, -0.15) is 0 Å². The highest BCUT2D eigenvalue weighted by Gasteiger charge is 2.29. The summed E-state index contributed by atoms with van der Waals surface area (Å²) in [7, 11) is 0. The number of hydrogen-bond acceptors (Lipinski definition) is 5. The number of hydrogen-bond donors (Lipinski definition) is 0. The topological polar surface area (TPSA) is 57.7 Å². The molecule has 0 N–H and O–H groups in total. The number of benzene rings is 1. The van der Waals surface area contributed by atoms with Crippen molar-refractivity contribution in [2.45, 2.75) is 6.10 Å². The number of carbonyl (C=O) groups excluding carboxylic acids is 1. The lowest BCUT2D eigenvalue weighted by Crippen LogP contribution is -2.39. The summed E-state index contributed by atoms with van der Waals surface area (Å²) >= 11 is 0. The molecule has 5 heteroatoms. The number of aromatic nitrogens is 1. The van der Waals surface area contributed by atoms with E-state index in [-0.39, 0.29) is 6.61 Å². The summed E-state index contributed by atoms with van der Waals surface area (Å²) in [5.74, 6) is 1.06. The second-order valence-electron chi connectivity index (χ2n) is 3.97. The van der Waals surface area contributed by atoms with E-state index in [0.29, 0.717) is 17.2 Å². The summed E-state index contributed by atoms with van der Waals surface area (Å²) < 4.78 is 16.2. The fraction of sp³-hybridized carbons (Fsp3) is 0.143. The van der Waals surface area contributed by atoms with Crippen LogP contribution in [0.3, 0.4) is 0 Å². The zero-order chi connectivity index (χ0) is 13.1. The minimum Gasteiger partial charge on any atom is -0.485 e. The number of nitrogens with zero attached hydrogens (tertiary/aromatic N) is 1. The zero-order valence-corrected chi connectivity index (χ0v) is 9.98. The molecule has 1 aliphatic heterocycles. The first kappa shape index (κ1) is 11.5. The van der Waals surface area contributed by atoms with Gasteiger partial charge < -0.3 is 14.2 Å². The van der Waals surface area contributed by atoms with E-state index >= 15 is 0 Å². The molecule has 2 aromatic rings. The van der Waals surface area contributed by atoms with Crippen LogP contribution in [-0.4, -0.2) is 23.7 Å². The molecule has 0 bridgehead atoms. The smallest absolute Gasteiger partial charge is 0.356 e. The Bertz CT molecular complexity index is 585. The van der Waals surface area contributed by atoms with Crippen molar-refractivity contribution in [1.29, 1.82) is 0 Å². The molecule has 1 aromatic heterocycles. The number of fused-ring (bicyclic) bond motifs is 1.